The van der Waals surface area contributed by atoms with Crippen LogP contribution in [0.3, 0.4) is 0 Å². The summed E-state index contributed by atoms with van der Waals surface area (Å²) in [5.41, 5.74) is 6.34. The average molecular weight is 404 g/mol. The van der Waals surface area contributed by atoms with Crippen molar-refractivity contribution in [3.05, 3.63) is 76.0 Å². The Morgan fingerprint density at radius 2 is 1.47 bits per heavy atom. The lowest BCUT2D eigenvalue weighted by Crippen LogP contribution is -2.46. The van der Waals surface area contributed by atoms with Crippen LogP contribution in [0.2, 0.25) is 0 Å². The first-order valence-electron chi connectivity index (χ1n) is 10.5. The number of amides is 2. The van der Waals surface area contributed by atoms with Crippen LogP contribution in [-0.2, 0) is 16.1 Å². The highest BCUT2D eigenvalue weighted by atomic mass is 16.2. The van der Waals surface area contributed by atoms with Gasteiger partial charge in [-0.1, -0.05) is 48.0 Å². The molecule has 0 atom stereocenters. The van der Waals surface area contributed by atoms with Crippen molar-refractivity contribution in [1.82, 2.24) is 14.7 Å². The van der Waals surface area contributed by atoms with E-state index in [9.17, 15) is 9.59 Å². The predicted molar refractivity (Wildman–Crippen MR) is 119 cm³/mol. The molecule has 5 heteroatoms. The Morgan fingerprint density at radius 3 is 2.10 bits per heavy atom. The maximum atomic E-state index is 13.5. The van der Waals surface area contributed by atoms with Crippen LogP contribution in [0.1, 0.15) is 27.8 Å². The lowest BCUT2D eigenvalue weighted by Gasteiger charge is -2.34. The number of aryl methyl sites for hydroxylation is 3. The van der Waals surface area contributed by atoms with E-state index in [2.05, 4.69) is 23.8 Å². The molecule has 0 radical (unpaired) electrons. The third kappa shape index (κ3) is 3.77. The van der Waals surface area contributed by atoms with E-state index in [-0.39, 0.29) is 11.8 Å². The fourth-order valence-electron chi connectivity index (χ4n) is 4.06. The Bertz CT molecular complexity index is 1020. The summed E-state index contributed by atoms with van der Waals surface area (Å²) in [5.74, 6) is -0.379. The van der Waals surface area contributed by atoms with Gasteiger partial charge in [-0.3, -0.25) is 14.5 Å². The summed E-state index contributed by atoms with van der Waals surface area (Å²) in [7, 11) is 2.08. The third-order valence-electron chi connectivity index (χ3n) is 6.22. The first-order chi connectivity index (χ1) is 14.3. The Kier molecular flexibility index (Phi) is 5.48. The van der Waals surface area contributed by atoms with Crippen LogP contribution in [0.4, 0.5) is 0 Å². The van der Waals surface area contributed by atoms with Gasteiger partial charge in [-0.2, -0.15) is 0 Å². The lowest BCUT2D eigenvalue weighted by atomic mass is 9.99. The molecule has 0 unspecified atom stereocenters. The third-order valence-corrected chi connectivity index (χ3v) is 6.22. The summed E-state index contributed by atoms with van der Waals surface area (Å²) in [6.07, 6.45) is 0. The van der Waals surface area contributed by atoms with Crippen LogP contribution in [0.5, 0.6) is 0 Å². The van der Waals surface area contributed by atoms with E-state index >= 15 is 0 Å². The van der Waals surface area contributed by atoms with Crippen molar-refractivity contribution in [1.29, 1.82) is 0 Å². The maximum Gasteiger partial charge on any atom is 0.278 e. The van der Waals surface area contributed by atoms with Gasteiger partial charge in [-0.05, 0) is 50.1 Å². The molecule has 2 aliphatic heterocycles. The van der Waals surface area contributed by atoms with Gasteiger partial charge in [0, 0.05) is 26.2 Å². The van der Waals surface area contributed by atoms with Crippen LogP contribution in [0.25, 0.3) is 5.57 Å². The van der Waals surface area contributed by atoms with Crippen molar-refractivity contribution in [2.75, 3.05) is 33.2 Å². The smallest absolute Gasteiger partial charge is 0.278 e. The zero-order valence-corrected chi connectivity index (χ0v) is 18.2. The molecule has 2 amide bonds. The molecule has 0 bridgehead atoms. The molecule has 156 valence electrons. The molecule has 0 N–H and O–H groups in total. The largest absolute Gasteiger partial charge is 0.364 e. The summed E-state index contributed by atoms with van der Waals surface area (Å²) in [4.78, 5) is 32.8. The fraction of sp³-hybridized carbons (Fsp3) is 0.360. The van der Waals surface area contributed by atoms with Gasteiger partial charge in [0.1, 0.15) is 5.70 Å². The van der Waals surface area contributed by atoms with Crippen molar-refractivity contribution in [2.45, 2.75) is 27.3 Å². The summed E-state index contributed by atoms with van der Waals surface area (Å²) >= 11 is 0. The second-order valence-corrected chi connectivity index (χ2v) is 8.50. The number of carbonyl (C=O) groups is 2. The normalized spacial score (nSPS) is 18.0. The zero-order chi connectivity index (χ0) is 21.4. The van der Waals surface area contributed by atoms with Crippen LogP contribution in [0.15, 0.2) is 48.2 Å². The Balaban J connectivity index is 1.73. The molecule has 30 heavy (non-hydrogen) atoms. The number of nitrogens with zero attached hydrogens (tertiary/aromatic N) is 3. The molecule has 2 aromatic carbocycles. The van der Waals surface area contributed by atoms with E-state index in [0.717, 1.165) is 48.4 Å². The van der Waals surface area contributed by atoms with Gasteiger partial charge in [0.25, 0.3) is 11.8 Å². The monoisotopic (exact) mass is 403 g/mol. The van der Waals surface area contributed by atoms with Gasteiger partial charge in [-0.15, -0.1) is 0 Å². The van der Waals surface area contributed by atoms with Gasteiger partial charge < -0.3 is 9.80 Å². The molecule has 2 aromatic rings. The van der Waals surface area contributed by atoms with Crippen LogP contribution >= 0.6 is 0 Å². The summed E-state index contributed by atoms with van der Waals surface area (Å²) in [5, 5.41) is 0. The van der Waals surface area contributed by atoms with Crippen LogP contribution in [0, 0.1) is 20.8 Å². The molecule has 1 fully saturated rings. The van der Waals surface area contributed by atoms with Crippen molar-refractivity contribution in [3.8, 4) is 0 Å². The average Bonchev–Trinajstić information content (AvgIpc) is 2.97. The minimum absolute atomic E-state index is 0.182. The highest BCUT2D eigenvalue weighted by Gasteiger charge is 2.42. The Labute approximate surface area is 178 Å². The molecular weight excluding hydrogens is 374 g/mol. The molecule has 0 aromatic heterocycles. The van der Waals surface area contributed by atoms with E-state index in [1.54, 1.807) is 0 Å². The van der Waals surface area contributed by atoms with Gasteiger partial charge >= 0.3 is 0 Å². The summed E-state index contributed by atoms with van der Waals surface area (Å²) in [6.45, 7) is 9.67. The van der Waals surface area contributed by atoms with Gasteiger partial charge in [0.05, 0.1) is 12.1 Å². The fourth-order valence-corrected chi connectivity index (χ4v) is 4.06. The van der Waals surface area contributed by atoms with Crippen LogP contribution in [-0.4, -0.2) is 59.7 Å². The van der Waals surface area contributed by atoms with E-state index in [0.29, 0.717) is 17.8 Å². The minimum Gasteiger partial charge on any atom is -0.364 e. The molecule has 0 saturated carbocycles. The number of benzene rings is 2. The number of imide groups is 1. The van der Waals surface area contributed by atoms with Crippen molar-refractivity contribution >= 4 is 17.4 Å². The quantitative estimate of drug-likeness (QED) is 0.736. The lowest BCUT2D eigenvalue weighted by molar-refractivity contribution is -0.138. The maximum absolute atomic E-state index is 13.5. The number of hydrogen-bond donors (Lipinski definition) is 0. The molecule has 5 nitrogen and oxygen atoms in total. The number of rotatable bonds is 4. The Hall–Kier alpha value is -2.92. The first kappa shape index (κ1) is 20.4. The van der Waals surface area contributed by atoms with Crippen molar-refractivity contribution < 1.29 is 9.59 Å². The van der Waals surface area contributed by atoms with E-state index < -0.39 is 0 Å². The number of carbonyl (C=O) groups excluding carboxylic acids is 2. The van der Waals surface area contributed by atoms with Crippen molar-refractivity contribution in [2.24, 2.45) is 0 Å². The highest BCUT2D eigenvalue weighted by molar-refractivity contribution is 6.35. The number of likely N-dealkylation sites (N-methyl/N-ethyl adjacent to an activating group) is 1. The molecule has 2 heterocycles. The number of hydrogen-bond acceptors (Lipinski definition) is 4. The van der Waals surface area contributed by atoms with E-state index in [1.165, 1.54) is 10.5 Å². The molecular formula is C25H29N3O2. The molecule has 1 saturated heterocycles. The minimum atomic E-state index is -0.197. The molecule has 4 rings (SSSR count). The van der Waals surface area contributed by atoms with Gasteiger partial charge in [0.15, 0.2) is 0 Å². The highest BCUT2D eigenvalue weighted by Crippen LogP contribution is 2.33. The SMILES string of the molecule is Cc1ccc(CN2C(=O)C(c3ccc(C)c(C)c3)=C(N3CCN(C)CC3)C2=O)cc1. The second kappa shape index (κ2) is 8.07. The van der Waals surface area contributed by atoms with Gasteiger partial charge in [0.2, 0.25) is 0 Å². The Morgan fingerprint density at radius 1 is 0.800 bits per heavy atom. The molecule has 0 aliphatic carbocycles. The van der Waals surface area contributed by atoms with Crippen LogP contribution < -0.4 is 0 Å². The second-order valence-electron chi connectivity index (χ2n) is 8.50. The summed E-state index contributed by atoms with van der Waals surface area (Å²) < 4.78 is 0. The summed E-state index contributed by atoms with van der Waals surface area (Å²) in [6, 6.07) is 14.0. The predicted octanol–water partition coefficient (Wildman–Crippen LogP) is 3.14. The van der Waals surface area contributed by atoms with Gasteiger partial charge in [-0.25, -0.2) is 0 Å². The molecule has 0 spiro atoms. The number of piperazine rings is 1. The van der Waals surface area contributed by atoms with E-state index in [1.807, 2.05) is 56.3 Å². The standard InChI is InChI=1S/C25H29N3O2/c1-17-5-8-20(9-6-17)16-28-24(29)22(21-10-7-18(2)19(3)15-21)23(25(28)30)27-13-11-26(4)12-14-27/h5-10,15H,11-14,16H2,1-4H3. The zero-order valence-electron chi connectivity index (χ0n) is 18.2. The molecule has 2 aliphatic rings. The van der Waals surface area contributed by atoms with Crippen molar-refractivity contribution in [3.63, 3.8) is 0 Å². The first-order valence-corrected chi connectivity index (χ1v) is 10.5. The van der Waals surface area contributed by atoms with E-state index in [4.69, 9.17) is 0 Å². The topological polar surface area (TPSA) is 43.9 Å².